The van der Waals surface area contributed by atoms with Crippen LogP contribution in [0, 0.1) is 0 Å². The maximum Gasteiger partial charge on any atom is 0.410 e. The molecule has 0 aromatic carbocycles. The van der Waals surface area contributed by atoms with Crippen LogP contribution < -0.4 is 0 Å². The fourth-order valence-corrected chi connectivity index (χ4v) is 1.37. The minimum absolute atomic E-state index is 0.213. The fourth-order valence-electron chi connectivity index (χ4n) is 1.37. The van der Waals surface area contributed by atoms with Crippen LogP contribution in [0.3, 0.4) is 0 Å². The minimum Gasteiger partial charge on any atom is -0.476 e. The third kappa shape index (κ3) is 2.61. The van der Waals surface area contributed by atoms with Crippen molar-refractivity contribution >= 4 is 5.97 Å². The number of ether oxygens (including phenoxy) is 1. The highest BCUT2D eigenvalue weighted by Crippen LogP contribution is 2.32. The average Bonchev–Trinajstić information content (AvgIpc) is 2.69. The second-order valence-corrected chi connectivity index (χ2v) is 3.67. The molecule has 0 radical (unpaired) electrons. The van der Waals surface area contributed by atoms with Gasteiger partial charge in [-0.15, -0.1) is 5.10 Å². The summed E-state index contributed by atoms with van der Waals surface area (Å²) < 4.78 is 43.2. The van der Waals surface area contributed by atoms with Gasteiger partial charge >= 0.3 is 12.1 Å². The lowest BCUT2D eigenvalue weighted by Gasteiger charge is -2.20. The van der Waals surface area contributed by atoms with Gasteiger partial charge in [0.1, 0.15) is 11.7 Å². The molecule has 1 aromatic rings. The molecule has 9 heteroatoms. The van der Waals surface area contributed by atoms with Crippen molar-refractivity contribution in [2.45, 2.75) is 32.2 Å². The minimum atomic E-state index is -4.55. The number of alkyl halides is 3. The Kier molecular flexibility index (Phi) is 3.95. The van der Waals surface area contributed by atoms with Gasteiger partial charge in [-0.25, -0.2) is 9.48 Å². The Morgan fingerprint density at radius 2 is 2.00 bits per heavy atom. The van der Waals surface area contributed by atoms with Gasteiger partial charge in [0.2, 0.25) is 0 Å². The van der Waals surface area contributed by atoms with Gasteiger partial charge in [0, 0.05) is 7.11 Å². The van der Waals surface area contributed by atoms with Gasteiger partial charge in [-0.05, 0) is 13.8 Å². The molecule has 1 heterocycles. The molecule has 6 nitrogen and oxygen atoms in total. The van der Waals surface area contributed by atoms with Crippen LogP contribution in [0.1, 0.15) is 42.2 Å². The summed E-state index contributed by atoms with van der Waals surface area (Å²) in [7, 11) is 1.26. The second kappa shape index (κ2) is 4.92. The van der Waals surface area contributed by atoms with Gasteiger partial charge in [0.05, 0.1) is 6.10 Å². The third-order valence-electron chi connectivity index (χ3n) is 2.51. The number of carboxylic acids is 1. The maximum absolute atomic E-state index is 12.6. The number of aromatic carboxylic acids is 1. The molecule has 2 unspecified atom stereocenters. The second-order valence-electron chi connectivity index (χ2n) is 3.67. The van der Waals surface area contributed by atoms with Crippen molar-refractivity contribution in [2.24, 2.45) is 0 Å². The average molecular weight is 267 g/mol. The smallest absolute Gasteiger partial charge is 0.410 e. The first-order valence-electron chi connectivity index (χ1n) is 4.98. The lowest BCUT2D eigenvalue weighted by molar-refractivity contribution is -0.166. The van der Waals surface area contributed by atoms with E-state index >= 15 is 0 Å². The maximum atomic E-state index is 12.6. The molecular weight excluding hydrogens is 255 g/mol. The van der Waals surface area contributed by atoms with E-state index in [0.717, 1.165) is 6.92 Å². The van der Waals surface area contributed by atoms with Crippen LogP contribution in [0.25, 0.3) is 0 Å². The summed E-state index contributed by atoms with van der Waals surface area (Å²) in [5.74, 6) is -1.45. The van der Waals surface area contributed by atoms with Crippen molar-refractivity contribution in [3.63, 3.8) is 0 Å². The van der Waals surface area contributed by atoms with Crippen molar-refractivity contribution in [3.05, 3.63) is 11.4 Å². The van der Waals surface area contributed by atoms with Gasteiger partial charge in [-0.2, -0.15) is 13.2 Å². The largest absolute Gasteiger partial charge is 0.476 e. The van der Waals surface area contributed by atoms with E-state index in [1.165, 1.54) is 14.0 Å². The van der Waals surface area contributed by atoms with Gasteiger partial charge in [-0.1, -0.05) is 5.21 Å². The zero-order valence-electron chi connectivity index (χ0n) is 9.89. The number of halogens is 3. The highest BCUT2D eigenvalue weighted by Gasteiger charge is 2.41. The molecule has 1 N–H and O–H groups in total. The molecule has 0 bridgehead atoms. The number of nitrogens with zero attached hydrogens (tertiary/aromatic N) is 3. The summed E-state index contributed by atoms with van der Waals surface area (Å²) >= 11 is 0. The molecule has 0 fully saturated rings. The van der Waals surface area contributed by atoms with E-state index in [9.17, 15) is 18.0 Å². The fraction of sp³-hybridized carbons (Fsp3) is 0.667. The monoisotopic (exact) mass is 267 g/mol. The Labute approximate surface area is 100 Å². The van der Waals surface area contributed by atoms with Gasteiger partial charge < -0.3 is 9.84 Å². The Balaban J connectivity index is 3.33. The SMILES string of the molecule is COC(C)c1c(C(=O)O)nnn1C(C)C(F)(F)F. The Morgan fingerprint density at radius 3 is 2.39 bits per heavy atom. The summed E-state index contributed by atoms with van der Waals surface area (Å²) in [6, 6.07) is -1.98. The first kappa shape index (κ1) is 14.4. The Morgan fingerprint density at radius 1 is 1.44 bits per heavy atom. The molecular formula is C9H12F3N3O3. The number of rotatable bonds is 4. The molecule has 2 atom stereocenters. The number of carboxylic acid groups (broad SMARTS) is 1. The van der Waals surface area contributed by atoms with Crippen LogP contribution >= 0.6 is 0 Å². The normalized spacial score (nSPS) is 15.4. The topological polar surface area (TPSA) is 77.2 Å². The van der Waals surface area contributed by atoms with E-state index in [2.05, 4.69) is 10.3 Å². The predicted molar refractivity (Wildman–Crippen MR) is 53.2 cm³/mol. The lowest BCUT2D eigenvalue weighted by Crippen LogP contribution is -2.27. The summed E-state index contributed by atoms with van der Waals surface area (Å²) in [5.41, 5.74) is -0.754. The van der Waals surface area contributed by atoms with Crippen LogP contribution in [0.15, 0.2) is 0 Å². The lowest BCUT2D eigenvalue weighted by atomic mass is 10.2. The molecule has 1 aromatic heterocycles. The van der Waals surface area contributed by atoms with E-state index in [-0.39, 0.29) is 5.69 Å². The predicted octanol–water partition coefficient (Wildman–Crippen LogP) is 1.81. The van der Waals surface area contributed by atoms with Crippen LogP contribution in [0.4, 0.5) is 13.2 Å². The van der Waals surface area contributed by atoms with Crippen LogP contribution in [-0.2, 0) is 4.74 Å². The molecule has 0 aliphatic rings. The van der Waals surface area contributed by atoms with Crippen LogP contribution in [0.2, 0.25) is 0 Å². The molecule has 1 rings (SSSR count). The number of carbonyl (C=O) groups is 1. The first-order chi connectivity index (χ1) is 8.20. The summed E-state index contributed by atoms with van der Waals surface area (Å²) in [4.78, 5) is 10.9. The number of hydrogen-bond donors (Lipinski definition) is 1. The summed E-state index contributed by atoms with van der Waals surface area (Å²) in [6.07, 6.45) is -5.41. The third-order valence-corrected chi connectivity index (χ3v) is 2.51. The Hall–Kier alpha value is -1.64. The highest BCUT2D eigenvalue weighted by molar-refractivity contribution is 5.86. The number of aromatic nitrogens is 3. The van der Waals surface area contributed by atoms with Gasteiger partial charge in [0.15, 0.2) is 5.69 Å². The van der Waals surface area contributed by atoms with Crippen molar-refractivity contribution < 1.29 is 27.8 Å². The quantitative estimate of drug-likeness (QED) is 0.900. The molecule has 0 saturated heterocycles. The van der Waals surface area contributed by atoms with E-state index in [1.807, 2.05) is 0 Å². The number of hydrogen-bond acceptors (Lipinski definition) is 4. The van der Waals surface area contributed by atoms with Crippen LogP contribution in [-0.4, -0.2) is 39.4 Å². The summed E-state index contributed by atoms with van der Waals surface area (Å²) in [5, 5.41) is 15.4. The van der Waals surface area contributed by atoms with E-state index in [0.29, 0.717) is 4.68 Å². The molecule has 0 spiro atoms. The van der Waals surface area contributed by atoms with Gasteiger partial charge in [-0.3, -0.25) is 0 Å². The van der Waals surface area contributed by atoms with Crippen molar-refractivity contribution in [2.75, 3.05) is 7.11 Å². The summed E-state index contributed by atoms with van der Waals surface area (Å²) in [6.45, 7) is 2.29. The standard InChI is InChI=1S/C9H12F3N3O3/c1-4(18-3)7-6(8(16)17)13-14-15(7)5(2)9(10,11)12/h4-5H,1-3H3,(H,16,17). The number of methoxy groups -OCH3 is 1. The van der Waals surface area contributed by atoms with Crippen molar-refractivity contribution in [3.8, 4) is 0 Å². The highest BCUT2D eigenvalue weighted by atomic mass is 19.4. The molecule has 0 saturated carbocycles. The zero-order valence-corrected chi connectivity index (χ0v) is 9.89. The molecule has 18 heavy (non-hydrogen) atoms. The van der Waals surface area contributed by atoms with Gasteiger partial charge in [0.25, 0.3) is 0 Å². The van der Waals surface area contributed by atoms with E-state index < -0.39 is 30.0 Å². The van der Waals surface area contributed by atoms with Crippen molar-refractivity contribution in [1.29, 1.82) is 0 Å². The Bertz CT molecular complexity index is 444. The molecule has 0 aliphatic carbocycles. The molecule has 0 amide bonds. The van der Waals surface area contributed by atoms with Crippen molar-refractivity contribution in [1.82, 2.24) is 15.0 Å². The molecule has 102 valence electrons. The zero-order chi connectivity index (χ0) is 14.1. The van der Waals surface area contributed by atoms with E-state index in [1.54, 1.807) is 0 Å². The first-order valence-corrected chi connectivity index (χ1v) is 4.98. The molecule has 0 aliphatic heterocycles. The van der Waals surface area contributed by atoms with E-state index in [4.69, 9.17) is 9.84 Å². The van der Waals surface area contributed by atoms with Crippen LogP contribution in [0.5, 0.6) is 0 Å².